The van der Waals surface area contributed by atoms with Crippen LogP contribution in [0.15, 0.2) is 29.3 Å². The lowest BCUT2D eigenvalue weighted by Gasteiger charge is -2.16. The van der Waals surface area contributed by atoms with E-state index in [2.05, 4.69) is 27.8 Å². The van der Waals surface area contributed by atoms with Crippen molar-refractivity contribution in [3.8, 4) is 5.75 Å². The van der Waals surface area contributed by atoms with Gasteiger partial charge < -0.3 is 15.4 Å². The van der Waals surface area contributed by atoms with E-state index >= 15 is 0 Å². The molecule has 2 rings (SSSR count). The van der Waals surface area contributed by atoms with Crippen molar-refractivity contribution < 1.29 is 4.74 Å². The Morgan fingerprint density at radius 1 is 1.33 bits per heavy atom. The second-order valence-electron chi connectivity index (χ2n) is 3.94. The summed E-state index contributed by atoms with van der Waals surface area (Å²) in [5.41, 5.74) is 1.23. The average molecular weight is 361 g/mol. The van der Waals surface area contributed by atoms with E-state index in [1.807, 2.05) is 19.1 Å². The topological polar surface area (TPSA) is 45.6 Å². The maximum Gasteiger partial charge on any atom is 0.191 e. The summed E-state index contributed by atoms with van der Waals surface area (Å²) < 4.78 is 5.40. The number of guanidine groups is 1. The molecule has 1 heterocycles. The van der Waals surface area contributed by atoms with Gasteiger partial charge in [0.2, 0.25) is 0 Å². The molecule has 0 spiro atoms. The van der Waals surface area contributed by atoms with Gasteiger partial charge in [0, 0.05) is 19.6 Å². The largest absolute Gasteiger partial charge is 0.494 e. The molecule has 5 heteroatoms. The van der Waals surface area contributed by atoms with Crippen LogP contribution in [0.1, 0.15) is 18.9 Å². The van der Waals surface area contributed by atoms with E-state index in [1.54, 1.807) is 0 Å². The molecule has 0 fully saturated rings. The standard InChI is InChI=1S/C13H19N3O.HI/c1-2-17-12-6-4-11(5-7-12)10-16-13-14-8-3-9-15-13;/h4-7H,2-3,8-10H2,1H3,(H2,14,15,16);1H. The van der Waals surface area contributed by atoms with Gasteiger partial charge in [-0.05, 0) is 31.0 Å². The Hall–Kier alpha value is -0.980. The van der Waals surface area contributed by atoms with Gasteiger partial charge >= 0.3 is 0 Å². The fourth-order valence-electron chi connectivity index (χ4n) is 1.71. The van der Waals surface area contributed by atoms with E-state index < -0.39 is 0 Å². The van der Waals surface area contributed by atoms with Gasteiger partial charge in [-0.2, -0.15) is 0 Å². The quantitative estimate of drug-likeness (QED) is 0.808. The maximum atomic E-state index is 5.40. The van der Waals surface area contributed by atoms with Gasteiger partial charge in [0.15, 0.2) is 5.96 Å². The maximum absolute atomic E-state index is 5.40. The van der Waals surface area contributed by atoms with Crippen LogP contribution in [-0.2, 0) is 6.54 Å². The number of aliphatic imine (C=N–C) groups is 1. The van der Waals surface area contributed by atoms with Crippen LogP contribution in [-0.4, -0.2) is 25.7 Å². The molecular weight excluding hydrogens is 341 g/mol. The molecule has 0 aliphatic carbocycles. The zero-order valence-corrected chi connectivity index (χ0v) is 12.9. The molecule has 0 unspecified atom stereocenters. The van der Waals surface area contributed by atoms with Crippen molar-refractivity contribution in [1.82, 2.24) is 10.6 Å². The van der Waals surface area contributed by atoms with Crippen LogP contribution in [0, 0.1) is 0 Å². The van der Waals surface area contributed by atoms with Gasteiger partial charge in [0.1, 0.15) is 5.75 Å². The van der Waals surface area contributed by atoms with Crippen LogP contribution in [0.2, 0.25) is 0 Å². The van der Waals surface area contributed by atoms with Crippen molar-refractivity contribution >= 4 is 29.9 Å². The molecule has 1 aliphatic rings. The Kier molecular flexibility index (Phi) is 6.85. The Balaban J connectivity index is 0.00000162. The number of hydrogen-bond donors (Lipinski definition) is 2. The summed E-state index contributed by atoms with van der Waals surface area (Å²) in [6, 6.07) is 8.13. The van der Waals surface area contributed by atoms with Crippen LogP contribution < -0.4 is 15.4 Å². The van der Waals surface area contributed by atoms with Crippen molar-refractivity contribution in [2.45, 2.75) is 19.9 Å². The van der Waals surface area contributed by atoms with E-state index in [4.69, 9.17) is 4.74 Å². The Bertz CT molecular complexity index is 378. The molecule has 0 saturated carbocycles. The predicted molar refractivity (Wildman–Crippen MR) is 84.8 cm³/mol. The smallest absolute Gasteiger partial charge is 0.191 e. The first kappa shape index (κ1) is 15.1. The second-order valence-corrected chi connectivity index (χ2v) is 3.94. The molecule has 1 aliphatic heterocycles. The van der Waals surface area contributed by atoms with Crippen LogP contribution in [0.3, 0.4) is 0 Å². The van der Waals surface area contributed by atoms with Gasteiger partial charge in [0.25, 0.3) is 0 Å². The number of rotatable bonds is 4. The van der Waals surface area contributed by atoms with Crippen molar-refractivity contribution in [3.05, 3.63) is 29.8 Å². The highest BCUT2D eigenvalue weighted by Gasteiger charge is 2.02. The molecule has 0 bridgehead atoms. The lowest BCUT2D eigenvalue weighted by atomic mass is 10.2. The minimum Gasteiger partial charge on any atom is -0.494 e. The number of hydrogen-bond acceptors (Lipinski definition) is 4. The van der Waals surface area contributed by atoms with Crippen molar-refractivity contribution in [1.29, 1.82) is 0 Å². The first-order valence-corrected chi connectivity index (χ1v) is 6.12. The molecule has 0 atom stereocenters. The summed E-state index contributed by atoms with van der Waals surface area (Å²) >= 11 is 0. The zero-order chi connectivity index (χ0) is 11.9. The Morgan fingerprint density at radius 2 is 2.11 bits per heavy atom. The molecule has 1 aromatic carbocycles. The lowest BCUT2D eigenvalue weighted by Crippen LogP contribution is -2.40. The third-order valence-corrected chi connectivity index (χ3v) is 2.59. The average Bonchev–Trinajstić information content (AvgIpc) is 2.40. The normalized spacial score (nSPS) is 13.9. The molecule has 4 nitrogen and oxygen atoms in total. The van der Waals surface area contributed by atoms with Gasteiger partial charge in [0.05, 0.1) is 6.61 Å². The van der Waals surface area contributed by atoms with Gasteiger partial charge in [-0.1, -0.05) is 12.1 Å². The molecule has 2 N–H and O–H groups in total. The highest BCUT2D eigenvalue weighted by molar-refractivity contribution is 14.0. The third kappa shape index (κ3) is 4.72. The molecule has 0 radical (unpaired) electrons. The number of ether oxygens (including phenoxy) is 1. The summed E-state index contributed by atoms with van der Waals surface area (Å²) in [5.74, 6) is 1.83. The SMILES string of the molecule is CCOc1ccc(CNC2=NCCCN2)cc1.I. The molecule has 0 saturated heterocycles. The minimum atomic E-state index is 0. The van der Waals surface area contributed by atoms with Crippen LogP contribution >= 0.6 is 24.0 Å². The van der Waals surface area contributed by atoms with Crippen molar-refractivity contribution in [2.75, 3.05) is 19.7 Å². The third-order valence-electron chi connectivity index (χ3n) is 2.59. The van der Waals surface area contributed by atoms with Crippen molar-refractivity contribution in [2.24, 2.45) is 4.99 Å². The number of benzene rings is 1. The second kappa shape index (κ2) is 8.18. The molecule has 1 aromatic rings. The van der Waals surface area contributed by atoms with E-state index in [9.17, 15) is 0 Å². The summed E-state index contributed by atoms with van der Waals surface area (Å²) in [6.07, 6.45) is 1.12. The van der Waals surface area contributed by atoms with Gasteiger partial charge in [-0.3, -0.25) is 4.99 Å². The molecular formula is C13H20IN3O. The fraction of sp³-hybridized carbons (Fsp3) is 0.462. The monoisotopic (exact) mass is 361 g/mol. The summed E-state index contributed by atoms with van der Waals surface area (Å²) in [4.78, 5) is 4.36. The van der Waals surface area contributed by atoms with Crippen LogP contribution in [0.4, 0.5) is 0 Å². The Labute approximate surface area is 125 Å². The van der Waals surface area contributed by atoms with E-state index in [0.717, 1.165) is 37.8 Å². The lowest BCUT2D eigenvalue weighted by molar-refractivity contribution is 0.340. The highest BCUT2D eigenvalue weighted by Crippen LogP contribution is 2.11. The minimum absolute atomic E-state index is 0. The molecule has 18 heavy (non-hydrogen) atoms. The molecule has 100 valence electrons. The van der Waals surface area contributed by atoms with E-state index in [1.165, 1.54) is 5.56 Å². The van der Waals surface area contributed by atoms with E-state index in [-0.39, 0.29) is 24.0 Å². The predicted octanol–water partition coefficient (Wildman–Crippen LogP) is 2.14. The van der Waals surface area contributed by atoms with Crippen LogP contribution in [0.25, 0.3) is 0 Å². The summed E-state index contributed by atoms with van der Waals surface area (Å²) in [5, 5.41) is 6.52. The number of nitrogens with one attached hydrogen (secondary N) is 2. The number of halogens is 1. The first-order valence-electron chi connectivity index (χ1n) is 6.12. The molecule has 0 aromatic heterocycles. The Morgan fingerprint density at radius 3 is 2.72 bits per heavy atom. The number of nitrogens with zero attached hydrogens (tertiary/aromatic N) is 1. The van der Waals surface area contributed by atoms with Gasteiger partial charge in [-0.15, -0.1) is 24.0 Å². The van der Waals surface area contributed by atoms with Gasteiger partial charge in [-0.25, -0.2) is 0 Å². The molecule has 0 amide bonds. The fourth-order valence-corrected chi connectivity index (χ4v) is 1.71. The van der Waals surface area contributed by atoms with Crippen molar-refractivity contribution in [3.63, 3.8) is 0 Å². The summed E-state index contributed by atoms with van der Waals surface area (Å²) in [7, 11) is 0. The first-order chi connectivity index (χ1) is 8.38. The summed E-state index contributed by atoms with van der Waals surface area (Å²) in [6.45, 7) is 5.41. The zero-order valence-electron chi connectivity index (χ0n) is 10.6. The highest BCUT2D eigenvalue weighted by atomic mass is 127. The van der Waals surface area contributed by atoms with Crippen LogP contribution in [0.5, 0.6) is 5.75 Å². The van der Waals surface area contributed by atoms with E-state index in [0.29, 0.717) is 6.61 Å².